The van der Waals surface area contributed by atoms with Crippen molar-refractivity contribution in [3.05, 3.63) is 65.7 Å². The maximum Gasteiger partial charge on any atom is 0.256 e. The first-order valence-corrected chi connectivity index (χ1v) is 10.1. The lowest BCUT2D eigenvalue weighted by Gasteiger charge is -2.36. The van der Waals surface area contributed by atoms with E-state index in [0.717, 1.165) is 5.56 Å². The quantitative estimate of drug-likeness (QED) is 0.866. The summed E-state index contributed by atoms with van der Waals surface area (Å²) in [6.45, 7) is 3.28. The molecule has 152 valence electrons. The van der Waals surface area contributed by atoms with Crippen LogP contribution in [0.4, 0.5) is 5.69 Å². The van der Waals surface area contributed by atoms with Gasteiger partial charge in [-0.05, 0) is 30.5 Å². The van der Waals surface area contributed by atoms with Gasteiger partial charge in [0.25, 0.3) is 5.91 Å². The molecule has 0 unspecified atom stereocenters. The fourth-order valence-corrected chi connectivity index (χ4v) is 4.08. The van der Waals surface area contributed by atoms with E-state index in [1.54, 1.807) is 17.0 Å². The number of carbonyl (C=O) groups excluding carboxylic acids is 2. The van der Waals surface area contributed by atoms with E-state index >= 15 is 0 Å². The number of nitrogens with zero attached hydrogens (tertiary/aromatic N) is 1. The Morgan fingerprint density at radius 2 is 1.45 bits per heavy atom. The Morgan fingerprint density at radius 3 is 2.17 bits per heavy atom. The average molecular weight is 394 g/mol. The summed E-state index contributed by atoms with van der Waals surface area (Å²) in [6, 6.07) is 17.1. The normalized spacial score (nSPS) is 18.8. The highest BCUT2D eigenvalue weighted by Crippen LogP contribution is 2.36. The third-order valence-electron chi connectivity index (χ3n) is 5.81. The summed E-state index contributed by atoms with van der Waals surface area (Å²) in [5.41, 5.74) is 1.39. The van der Waals surface area contributed by atoms with Gasteiger partial charge in [0.05, 0.1) is 29.9 Å². The Bertz CT molecular complexity index is 856. The molecule has 0 bridgehead atoms. The topological polar surface area (TPSA) is 67.9 Å². The van der Waals surface area contributed by atoms with Crippen LogP contribution in [0, 0.1) is 0 Å². The van der Waals surface area contributed by atoms with Crippen molar-refractivity contribution < 1.29 is 19.1 Å². The van der Waals surface area contributed by atoms with Gasteiger partial charge in [-0.3, -0.25) is 9.59 Å². The first-order chi connectivity index (χ1) is 14.2. The second kappa shape index (κ2) is 8.76. The maximum absolute atomic E-state index is 13.5. The van der Waals surface area contributed by atoms with Crippen LogP contribution in [-0.4, -0.2) is 56.2 Å². The predicted octanol–water partition coefficient (Wildman–Crippen LogP) is 2.85. The molecule has 6 nitrogen and oxygen atoms in total. The molecule has 2 aliphatic rings. The Balaban J connectivity index is 1.61. The standard InChI is InChI=1S/C23H26N2O4/c26-21(25-12-16-29-17-13-25)19-8-4-5-9-20(19)24-22(27)23(10-14-28-15-11-23)18-6-2-1-3-7-18/h1-9H,10-17H2,(H,24,27). The van der Waals surface area contributed by atoms with Crippen LogP contribution in [0.3, 0.4) is 0 Å². The summed E-state index contributed by atoms with van der Waals surface area (Å²) in [6.07, 6.45) is 1.23. The second-order valence-corrected chi connectivity index (χ2v) is 7.46. The van der Waals surface area contributed by atoms with E-state index in [-0.39, 0.29) is 11.8 Å². The smallest absolute Gasteiger partial charge is 0.256 e. The van der Waals surface area contributed by atoms with Crippen molar-refractivity contribution >= 4 is 17.5 Å². The number of para-hydroxylation sites is 1. The number of rotatable bonds is 4. The molecular formula is C23H26N2O4. The number of amides is 2. The molecule has 0 aromatic heterocycles. The van der Waals surface area contributed by atoms with Crippen LogP contribution in [0.15, 0.2) is 54.6 Å². The zero-order valence-corrected chi connectivity index (χ0v) is 16.4. The maximum atomic E-state index is 13.5. The zero-order valence-electron chi connectivity index (χ0n) is 16.4. The molecule has 2 saturated heterocycles. The van der Waals surface area contributed by atoms with E-state index in [1.807, 2.05) is 42.5 Å². The van der Waals surface area contributed by atoms with Gasteiger partial charge in [-0.2, -0.15) is 0 Å². The van der Waals surface area contributed by atoms with Crippen molar-refractivity contribution in [2.24, 2.45) is 0 Å². The van der Waals surface area contributed by atoms with Crippen molar-refractivity contribution in [3.63, 3.8) is 0 Å². The average Bonchev–Trinajstić information content (AvgIpc) is 2.80. The molecule has 2 aliphatic heterocycles. The van der Waals surface area contributed by atoms with Gasteiger partial charge in [0.2, 0.25) is 5.91 Å². The minimum Gasteiger partial charge on any atom is -0.381 e. The molecule has 29 heavy (non-hydrogen) atoms. The molecule has 0 atom stereocenters. The van der Waals surface area contributed by atoms with Crippen LogP contribution in [0.2, 0.25) is 0 Å². The Kier molecular flexibility index (Phi) is 5.92. The van der Waals surface area contributed by atoms with E-state index in [9.17, 15) is 9.59 Å². The lowest BCUT2D eigenvalue weighted by molar-refractivity contribution is -0.125. The number of ether oxygens (including phenoxy) is 2. The minimum atomic E-state index is -0.658. The van der Waals surface area contributed by atoms with E-state index in [2.05, 4.69) is 5.32 Å². The highest BCUT2D eigenvalue weighted by molar-refractivity contribution is 6.06. The number of hydrogen-bond acceptors (Lipinski definition) is 4. The largest absolute Gasteiger partial charge is 0.381 e. The lowest BCUT2D eigenvalue weighted by atomic mass is 9.73. The molecule has 2 aromatic carbocycles. The van der Waals surface area contributed by atoms with Crippen LogP contribution < -0.4 is 5.32 Å². The SMILES string of the molecule is O=C(c1ccccc1NC(=O)C1(c2ccccc2)CCOCC1)N1CCOCC1. The van der Waals surface area contributed by atoms with Gasteiger partial charge in [0.15, 0.2) is 0 Å². The van der Waals surface area contributed by atoms with Gasteiger partial charge in [0.1, 0.15) is 0 Å². The number of carbonyl (C=O) groups is 2. The van der Waals surface area contributed by atoms with Crippen molar-refractivity contribution in [2.75, 3.05) is 44.8 Å². The summed E-state index contributed by atoms with van der Waals surface area (Å²) in [7, 11) is 0. The van der Waals surface area contributed by atoms with Crippen molar-refractivity contribution in [1.82, 2.24) is 4.90 Å². The molecule has 0 aliphatic carbocycles. The van der Waals surface area contributed by atoms with Gasteiger partial charge in [-0.15, -0.1) is 0 Å². The molecule has 4 rings (SSSR count). The van der Waals surface area contributed by atoms with Crippen LogP contribution in [-0.2, 0) is 19.7 Å². The molecule has 2 fully saturated rings. The third kappa shape index (κ3) is 4.04. The fourth-order valence-electron chi connectivity index (χ4n) is 4.08. The van der Waals surface area contributed by atoms with Crippen LogP contribution in [0.25, 0.3) is 0 Å². The van der Waals surface area contributed by atoms with Crippen LogP contribution >= 0.6 is 0 Å². The number of benzene rings is 2. The molecule has 2 aromatic rings. The molecule has 1 N–H and O–H groups in total. The molecule has 0 radical (unpaired) electrons. The lowest BCUT2D eigenvalue weighted by Crippen LogP contribution is -2.45. The molecule has 0 saturated carbocycles. The van der Waals surface area contributed by atoms with Gasteiger partial charge in [0, 0.05) is 26.3 Å². The summed E-state index contributed by atoms with van der Waals surface area (Å²) in [5.74, 6) is -0.167. The van der Waals surface area contributed by atoms with Crippen molar-refractivity contribution in [1.29, 1.82) is 0 Å². The highest BCUT2D eigenvalue weighted by atomic mass is 16.5. The summed E-state index contributed by atoms with van der Waals surface area (Å²) in [5, 5.41) is 3.07. The molecule has 2 amide bonds. The number of nitrogens with one attached hydrogen (secondary N) is 1. The van der Waals surface area contributed by atoms with E-state index in [1.165, 1.54) is 0 Å². The summed E-state index contributed by atoms with van der Waals surface area (Å²) >= 11 is 0. The van der Waals surface area contributed by atoms with Crippen molar-refractivity contribution in [3.8, 4) is 0 Å². The first kappa shape index (κ1) is 19.6. The molecule has 6 heteroatoms. The molecule has 2 heterocycles. The first-order valence-electron chi connectivity index (χ1n) is 10.1. The van der Waals surface area contributed by atoms with Gasteiger partial charge < -0.3 is 19.7 Å². The highest BCUT2D eigenvalue weighted by Gasteiger charge is 2.42. The zero-order chi connectivity index (χ0) is 20.1. The van der Waals surface area contributed by atoms with Gasteiger partial charge in [-0.25, -0.2) is 0 Å². The molecule has 0 spiro atoms. The fraction of sp³-hybridized carbons (Fsp3) is 0.391. The Labute approximate surface area is 170 Å². The van der Waals surface area contributed by atoms with Crippen LogP contribution in [0.1, 0.15) is 28.8 Å². The Morgan fingerprint density at radius 1 is 0.828 bits per heavy atom. The number of morpholine rings is 1. The van der Waals surface area contributed by atoms with E-state index in [4.69, 9.17) is 9.47 Å². The van der Waals surface area contributed by atoms with Gasteiger partial charge in [-0.1, -0.05) is 42.5 Å². The van der Waals surface area contributed by atoms with E-state index < -0.39 is 5.41 Å². The number of hydrogen-bond donors (Lipinski definition) is 1. The minimum absolute atomic E-state index is 0.0788. The van der Waals surface area contributed by atoms with Crippen LogP contribution in [0.5, 0.6) is 0 Å². The summed E-state index contributed by atoms with van der Waals surface area (Å²) in [4.78, 5) is 28.3. The van der Waals surface area contributed by atoms with Gasteiger partial charge >= 0.3 is 0 Å². The van der Waals surface area contributed by atoms with E-state index in [0.29, 0.717) is 63.6 Å². The van der Waals surface area contributed by atoms with Crippen molar-refractivity contribution in [2.45, 2.75) is 18.3 Å². The second-order valence-electron chi connectivity index (χ2n) is 7.46. The predicted molar refractivity (Wildman–Crippen MR) is 110 cm³/mol. The summed E-state index contributed by atoms with van der Waals surface area (Å²) < 4.78 is 10.9. The molecular weight excluding hydrogens is 368 g/mol. The number of anilines is 1. The monoisotopic (exact) mass is 394 g/mol. The third-order valence-corrected chi connectivity index (χ3v) is 5.81. The Hall–Kier alpha value is -2.70.